The molecule has 1 aliphatic heterocycles. The molecule has 1 aromatic heterocycles. The number of nitrogens with zero attached hydrogens (tertiary/aromatic N) is 1. The molecule has 0 radical (unpaired) electrons. The van der Waals surface area contributed by atoms with Crippen molar-refractivity contribution in [2.45, 2.75) is 162 Å². The molecule has 2 heterocycles. The molecular weight excluding hydrogens is 829 g/mol. The number of imide groups is 1. The summed E-state index contributed by atoms with van der Waals surface area (Å²) in [7, 11) is 0. The molecule has 0 fully saturated rings. The van der Waals surface area contributed by atoms with Crippen LogP contribution in [0.2, 0.25) is 0 Å². The van der Waals surface area contributed by atoms with E-state index in [-0.39, 0.29) is 25.1 Å². The highest BCUT2D eigenvalue weighted by atomic mass is 16.7. The zero-order valence-corrected chi connectivity index (χ0v) is 39.9. The van der Waals surface area contributed by atoms with E-state index >= 15 is 4.79 Å². The van der Waals surface area contributed by atoms with Crippen molar-refractivity contribution in [1.29, 1.82) is 0 Å². The summed E-state index contributed by atoms with van der Waals surface area (Å²) in [6.07, 6.45) is -2.88. The molecule has 2 aromatic carbocycles. The average molecular weight is 895 g/mol. The Bertz CT molecular complexity index is 2200. The van der Waals surface area contributed by atoms with Gasteiger partial charge in [-0.1, -0.05) is 36.4 Å². The fourth-order valence-electron chi connectivity index (χ4n) is 7.02. The van der Waals surface area contributed by atoms with Crippen LogP contribution >= 0.6 is 0 Å². The standard InChI is InChI=1S/C47H66N4O13/c1-42(2,3)60-37(53)49-29(26-58-40(56)63-45(10,11)12)23-28-25-48-35-31(28)19-18-21-33(35)47(32-20-16-17-22-34(32)51(36(47)52)39(55)62-44(7,8)9)24-30(50-38(54)61-43(4,5)6)27-59-41(57)64-46(13,14)15/h16-22,25,29-30,48H,23-24,26-27H2,1-15H3,(H,49,53)(H,50,54)/t29-,30-,47-/m0/s1. The zero-order valence-electron chi connectivity index (χ0n) is 39.9. The smallest absolute Gasteiger partial charge is 0.444 e. The van der Waals surface area contributed by atoms with Crippen molar-refractivity contribution in [2.75, 3.05) is 18.1 Å². The Morgan fingerprint density at radius 2 is 1.08 bits per heavy atom. The molecular formula is C47H66N4O13. The molecule has 17 heteroatoms. The molecule has 4 rings (SSSR count). The number of H-pyrrole nitrogens is 1. The van der Waals surface area contributed by atoms with Crippen LogP contribution in [-0.4, -0.2) is 94.8 Å². The van der Waals surface area contributed by atoms with Gasteiger partial charge in [-0.3, -0.25) is 4.79 Å². The minimum atomic E-state index is -1.76. The SMILES string of the molecule is CC(C)(C)OC(=O)N[C@H](COC(=O)OC(C)(C)C)Cc1c[nH]c2c([C@@]3(C[C@@H](COC(=O)OC(C)(C)C)NC(=O)OC(C)(C)C)C(=O)N(C(=O)OC(C)(C)C)c4ccccc43)cccc12. The largest absolute Gasteiger partial charge is 0.508 e. The Balaban J connectivity index is 1.91. The fraction of sp³-hybridized carbons (Fsp3) is 0.574. The minimum absolute atomic E-state index is 0.111. The molecule has 3 N–H and O–H groups in total. The van der Waals surface area contributed by atoms with E-state index in [1.165, 1.54) is 0 Å². The molecule has 0 saturated heterocycles. The highest BCUT2D eigenvalue weighted by Gasteiger charge is 2.57. The van der Waals surface area contributed by atoms with Gasteiger partial charge in [0.1, 0.15) is 46.6 Å². The van der Waals surface area contributed by atoms with Crippen molar-refractivity contribution in [2.24, 2.45) is 0 Å². The normalized spacial score (nSPS) is 16.5. The maximum Gasteiger partial charge on any atom is 0.508 e. The summed E-state index contributed by atoms with van der Waals surface area (Å²) in [5, 5.41) is 6.22. The van der Waals surface area contributed by atoms with Crippen LogP contribution in [0.4, 0.5) is 29.7 Å². The van der Waals surface area contributed by atoms with Crippen LogP contribution in [0.25, 0.3) is 10.9 Å². The van der Waals surface area contributed by atoms with Gasteiger partial charge in [0, 0.05) is 11.6 Å². The lowest BCUT2D eigenvalue weighted by molar-refractivity contribution is -0.122. The number of aromatic nitrogens is 1. The van der Waals surface area contributed by atoms with Crippen molar-refractivity contribution in [3.05, 3.63) is 65.4 Å². The van der Waals surface area contributed by atoms with Gasteiger partial charge >= 0.3 is 30.6 Å². The number of hydrogen-bond acceptors (Lipinski definition) is 13. The number of carbonyl (C=O) groups is 6. The summed E-state index contributed by atoms with van der Waals surface area (Å²) in [5.41, 5.74) is -4.04. The van der Waals surface area contributed by atoms with Crippen molar-refractivity contribution in [1.82, 2.24) is 15.6 Å². The van der Waals surface area contributed by atoms with E-state index in [4.69, 9.17) is 33.2 Å². The van der Waals surface area contributed by atoms with E-state index in [0.717, 1.165) is 4.90 Å². The third-order valence-corrected chi connectivity index (χ3v) is 9.05. The first-order valence-corrected chi connectivity index (χ1v) is 21.2. The first-order chi connectivity index (χ1) is 29.3. The number of fused-ring (bicyclic) bond motifs is 2. The molecule has 0 saturated carbocycles. The Hall–Kier alpha value is -6.00. The number of ether oxygens (including phenoxy) is 7. The number of hydrogen-bond donors (Lipinski definition) is 3. The van der Waals surface area contributed by atoms with Crippen molar-refractivity contribution < 1.29 is 61.9 Å². The van der Waals surface area contributed by atoms with Crippen LogP contribution in [0.15, 0.2) is 48.7 Å². The zero-order chi connectivity index (χ0) is 48.2. The summed E-state index contributed by atoms with van der Waals surface area (Å²) in [6.45, 7) is 24.7. The summed E-state index contributed by atoms with van der Waals surface area (Å²) in [6, 6.07) is 10.1. The molecule has 0 spiro atoms. The number of aromatic amines is 1. The molecule has 352 valence electrons. The summed E-state index contributed by atoms with van der Waals surface area (Å²) >= 11 is 0. The fourth-order valence-corrected chi connectivity index (χ4v) is 7.02. The Labute approximate surface area is 375 Å². The van der Waals surface area contributed by atoms with Gasteiger partial charge in [0.05, 0.1) is 23.3 Å². The first kappa shape index (κ1) is 50.6. The average Bonchev–Trinajstić information content (AvgIpc) is 3.61. The van der Waals surface area contributed by atoms with Gasteiger partial charge < -0.3 is 48.8 Å². The second kappa shape index (κ2) is 19.0. The van der Waals surface area contributed by atoms with Crippen molar-refractivity contribution in [3.8, 4) is 0 Å². The van der Waals surface area contributed by atoms with Crippen LogP contribution in [-0.2, 0) is 49.8 Å². The van der Waals surface area contributed by atoms with Crippen molar-refractivity contribution >= 4 is 53.1 Å². The predicted octanol–water partition coefficient (Wildman–Crippen LogP) is 9.36. The Morgan fingerprint density at radius 3 is 1.59 bits per heavy atom. The van der Waals surface area contributed by atoms with E-state index in [1.807, 2.05) is 6.07 Å². The van der Waals surface area contributed by atoms with E-state index < -0.39 is 88.6 Å². The molecule has 4 amide bonds. The molecule has 0 bridgehead atoms. The van der Waals surface area contributed by atoms with Gasteiger partial charge in [-0.15, -0.1) is 0 Å². The minimum Gasteiger partial charge on any atom is -0.444 e. The van der Waals surface area contributed by atoms with E-state index in [1.54, 1.807) is 146 Å². The number of rotatable bonds is 11. The lowest BCUT2D eigenvalue weighted by atomic mass is 9.70. The molecule has 0 unspecified atom stereocenters. The molecule has 0 aliphatic carbocycles. The highest BCUT2D eigenvalue weighted by Crippen LogP contribution is 2.51. The lowest BCUT2D eigenvalue weighted by Gasteiger charge is -2.34. The Morgan fingerprint density at radius 1 is 0.609 bits per heavy atom. The number of anilines is 1. The predicted molar refractivity (Wildman–Crippen MR) is 238 cm³/mol. The third-order valence-electron chi connectivity index (χ3n) is 9.05. The number of benzene rings is 2. The van der Waals surface area contributed by atoms with Crippen LogP contribution in [0, 0.1) is 0 Å². The molecule has 1 aliphatic rings. The topological polar surface area (TPSA) is 210 Å². The van der Waals surface area contributed by atoms with Gasteiger partial charge in [0.2, 0.25) is 0 Å². The van der Waals surface area contributed by atoms with Gasteiger partial charge in [-0.05, 0) is 139 Å². The third kappa shape index (κ3) is 14.0. The van der Waals surface area contributed by atoms with Gasteiger partial charge in [-0.2, -0.15) is 0 Å². The number of carbonyl (C=O) groups excluding carboxylic acids is 6. The molecule has 64 heavy (non-hydrogen) atoms. The van der Waals surface area contributed by atoms with Gasteiger partial charge in [0.25, 0.3) is 5.91 Å². The second-order valence-corrected chi connectivity index (χ2v) is 20.7. The Kier molecular flexibility index (Phi) is 15.0. The number of amides is 4. The van der Waals surface area contributed by atoms with Crippen LogP contribution < -0.4 is 15.5 Å². The molecule has 3 atom stereocenters. The maximum atomic E-state index is 15.5. The van der Waals surface area contributed by atoms with Crippen LogP contribution in [0.5, 0.6) is 0 Å². The van der Waals surface area contributed by atoms with Gasteiger partial charge in [0.15, 0.2) is 0 Å². The monoisotopic (exact) mass is 894 g/mol. The quantitative estimate of drug-likeness (QED) is 0.121. The first-order valence-electron chi connectivity index (χ1n) is 21.2. The van der Waals surface area contributed by atoms with E-state index in [2.05, 4.69) is 15.6 Å². The maximum absolute atomic E-state index is 15.5. The summed E-state index contributed by atoms with van der Waals surface area (Å²) < 4.78 is 38.7. The van der Waals surface area contributed by atoms with Crippen LogP contribution in [0.1, 0.15) is 127 Å². The lowest BCUT2D eigenvalue weighted by Crippen LogP contribution is -2.51. The number of nitrogens with one attached hydrogen (secondary N) is 3. The van der Waals surface area contributed by atoms with Gasteiger partial charge in [-0.25, -0.2) is 28.9 Å². The van der Waals surface area contributed by atoms with Crippen molar-refractivity contribution in [3.63, 3.8) is 0 Å². The number of alkyl carbamates (subject to hydrolysis) is 2. The van der Waals surface area contributed by atoms with Crippen LogP contribution in [0.3, 0.4) is 0 Å². The summed E-state index contributed by atoms with van der Waals surface area (Å²) in [5.74, 6) is -0.699. The van der Waals surface area contributed by atoms with E-state index in [0.29, 0.717) is 27.6 Å². The highest BCUT2D eigenvalue weighted by molar-refractivity contribution is 6.23. The molecule has 17 nitrogen and oxygen atoms in total. The number of para-hydroxylation sites is 2. The second-order valence-electron chi connectivity index (χ2n) is 20.7. The van der Waals surface area contributed by atoms with E-state index in [9.17, 15) is 24.0 Å². The summed E-state index contributed by atoms with van der Waals surface area (Å²) in [4.78, 5) is 86.1. The molecule has 3 aromatic rings.